The first kappa shape index (κ1) is 26.6. The molecule has 1 N–H and O–H groups in total. The SMILES string of the molecule is COc1ccc(/C=C/C(=O)Nc2ccc(Br)cc2C(=O)c2cc(OC)c(OC)c(OC)c2)cc1OC. The molecule has 8 nitrogen and oxygen atoms in total. The van der Waals surface area contributed by atoms with E-state index in [0.717, 1.165) is 5.56 Å². The molecule has 3 aromatic carbocycles. The molecule has 0 unspecified atom stereocenters. The maximum absolute atomic E-state index is 13.5. The number of methoxy groups -OCH3 is 5. The Hall–Kier alpha value is -3.98. The van der Waals surface area contributed by atoms with Crippen molar-refractivity contribution in [3.05, 3.63) is 75.8 Å². The second kappa shape index (κ2) is 12.1. The van der Waals surface area contributed by atoms with Gasteiger partial charge in [-0.05, 0) is 54.1 Å². The summed E-state index contributed by atoms with van der Waals surface area (Å²) >= 11 is 3.40. The van der Waals surface area contributed by atoms with Gasteiger partial charge in [0.15, 0.2) is 28.8 Å². The van der Waals surface area contributed by atoms with E-state index in [-0.39, 0.29) is 11.3 Å². The number of hydrogen-bond donors (Lipinski definition) is 1. The lowest BCUT2D eigenvalue weighted by Crippen LogP contribution is -2.13. The summed E-state index contributed by atoms with van der Waals surface area (Å²) in [7, 11) is 7.52. The van der Waals surface area contributed by atoms with E-state index in [4.69, 9.17) is 23.7 Å². The molecule has 3 rings (SSSR count). The van der Waals surface area contributed by atoms with Crippen LogP contribution in [0.25, 0.3) is 6.08 Å². The average Bonchev–Trinajstić information content (AvgIpc) is 2.91. The Morgan fingerprint density at radius 3 is 1.97 bits per heavy atom. The Morgan fingerprint density at radius 1 is 0.750 bits per heavy atom. The van der Waals surface area contributed by atoms with Crippen LogP contribution in [0, 0.1) is 0 Å². The molecular weight excluding hydrogens is 530 g/mol. The van der Waals surface area contributed by atoms with E-state index < -0.39 is 5.91 Å². The van der Waals surface area contributed by atoms with Crippen LogP contribution in [0.3, 0.4) is 0 Å². The standard InChI is InChI=1S/C27H26BrNO7/c1-32-21-10-6-16(12-22(21)33-2)7-11-25(30)29-20-9-8-18(28)15-19(20)26(31)17-13-23(34-3)27(36-5)24(14-17)35-4/h6-15H,1-5H3,(H,29,30)/b11-7+. The van der Waals surface area contributed by atoms with Crippen LogP contribution >= 0.6 is 15.9 Å². The van der Waals surface area contributed by atoms with Crippen molar-refractivity contribution >= 4 is 39.4 Å². The summed E-state index contributed by atoms with van der Waals surface area (Å²) in [5.74, 6) is 1.45. The topological polar surface area (TPSA) is 92.3 Å². The molecule has 9 heteroatoms. The van der Waals surface area contributed by atoms with Crippen LogP contribution in [0.4, 0.5) is 5.69 Å². The molecule has 0 atom stereocenters. The molecule has 0 radical (unpaired) electrons. The number of carbonyl (C=O) groups is 2. The minimum Gasteiger partial charge on any atom is -0.493 e. The molecule has 0 heterocycles. The third-order valence-electron chi connectivity index (χ3n) is 5.25. The number of amides is 1. The lowest BCUT2D eigenvalue weighted by atomic mass is 10.0. The van der Waals surface area contributed by atoms with Crippen LogP contribution in [-0.2, 0) is 4.79 Å². The largest absolute Gasteiger partial charge is 0.493 e. The van der Waals surface area contributed by atoms with Gasteiger partial charge < -0.3 is 29.0 Å². The number of ketones is 1. The van der Waals surface area contributed by atoms with E-state index in [0.29, 0.717) is 44.5 Å². The van der Waals surface area contributed by atoms with Gasteiger partial charge in [0.05, 0.1) is 41.2 Å². The number of ether oxygens (including phenoxy) is 5. The number of rotatable bonds is 10. The number of anilines is 1. The normalized spacial score (nSPS) is 10.6. The Labute approximate surface area is 217 Å². The first-order valence-electron chi connectivity index (χ1n) is 10.7. The Bertz CT molecular complexity index is 1280. The van der Waals surface area contributed by atoms with Gasteiger partial charge in [-0.25, -0.2) is 0 Å². The Morgan fingerprint density at radius 2 is 1.39 bits per heavy atom. The van der Waals surface area contributed by atoms with Crippen molar-refractivity contribution in [1.82, 2.24) is 0 Å². The fourth-order valence-electron chi connectivity index (χ4n) is 3.48. The molecule has 0 aromatic heterocycles. The molecule has 36 heavy (non-hydrogen) atoms. The van der Waals surface area contributed by atoms with Gasteiger partial charge in [-0.1, -0.05) is 22.0 Å². The van der Waals surface area contributed by atoms with E-state index >= 15 is 0 Å². The average molecular weight is 556 g/mol. The van der Waals surface area contributed by atoms with E-state index in [1.807, 2.05) is 0 Å². The lowest BCUT2D eigenvalue weighted by molar-refractivity contribution is -0.111. The zero-order valence-electron chi connectivity index (χ0n) is 20.5. The minimum atomic E-state index is -0.411. The fraction of sp³-hybridized carbons (Fsp3) is 0.185. The van der Waals surface area contributed by atoms with Crippen LogP contribution in [-0.4, -0.2) is 47.2 Å². The van der Waals surface area contributed by atoms with Crippen molar-refractivity contribution in [2.24, 2.45) is 0 Å². The predicted octanol–water partition coefficient (Wildman–Crippen LogP) is 5.38. The quantitative estimate of drug-likeness (QED) is 0.265. The monoisotopic (exact) mass is 555 g/mol. The van der Waals surface area contributed by atoms with Gasteiger partial charge in [0, 0.05) is 21.7 Å². The fourth-order valence-corrected chi connectivity index (χ4v) is 3.84. The van der Waals surface area contributed by atoms with Gasteiger partial charge in [0.1, 0.15) is 0 Å². The van der Waals surface area contributed by atoms with Crippen LogP contribution in [0.15, 0.2) is 59.1 Å². The van der Waals surface area contributed by atoms with E-state index in [1.165, 1.54) is 34.5 Å². The summed E-state index contributed by atoms with van der Waals surface area (Å²) in [6.07, 6.45) is 3.01. The van der Waals surface area contributed by atoms with E-state index in [9.17, 15) is 9.59 Å². The van der Waals surface area contributed by atoms with Gasteiger partial charge in [0.2, 0.25) is 11.7 Å². The maximum Gasteiger partial charge on any atom is 0.248 e. The van der Waals surface area contributed by atoms with Crippen LogP contribution in [0.5, 0.6) is 28.7 Å². The summed E-state index contributed by atoms with van der Waals surface area (Å²) in [4.78, 5) is 26.2. The first-order valence-corrected chi connectivity index (χ1v) is 11.5. The Kier molecular flexibility index (Phi) is 8.97. The lowest BCUT2D eigenvalue weighted by Gasteiger charge is -2.15. The minimum absolute atomic E-state index is 0.284. The molecule has 0 saturated carbocycles. The number of halogens is 1. The molecule has 0 aliphatic rings. The van der Waals surface area contributed by atoms with E-state index in [1.54, 1.807) is 61.7 Å². The highest BCUT2D eigenvalue weighted by molar-refractivity contribution is 9.10. The molecule has 0 fully saturated rings. The molecule has 0 aliphatic heterocycles. The highest BCUT2D eigenvalue weighted by Crippen LogP contribution is 2.39. The van der Waals surface area contributed by atoms with Crippen molar-refractivity contribution < 1.29 is 33.3 Å². The summed E-state index contributed by atoms with van der Waals surface area (Å²) < 4.78 is 27.3. The van der Waals surface area contributed by atoms with Crippen LogP contribution < -0.4 is 29.0 Å². The second-order valence-corrected chi connectivity index (χ2v) is 8.29. The number of benzene rings is 3. The molecule has 0 aliphatic carbocycles. The first-order chi connectivity index (χ1) is 17.3. The van der Waals surface area contributed by atoms with Gasteiger partial charge >= 0.3 is 0 Å². The third-order valence-corrected chi connectivity index (χ3v) is 5.74. The maximum atomic E-state index is 13.5. The van der Waals surface area contributed by atoms with Crippen molar-refractivity contribution in [1.29, 1.82) is 0 Å². The van der Waals surface area contributed by atoms with Gasteiger partial charge in [0.25, 0.3) is 0 Å². The molecule has 188 valence electrons. The second-order valence-electron chi connectivity index (χ2n) is 7.37. The van der Waals surface area contributed by atoms with Crippen molar-refractivity contribution in [2.45, 2.75) is 0 Å². The number of carbonyl (C=O) groups excluding carboxylic acids is 2. The molecule has 1 amide bonds. The number of hydrogen-bond acceptors (Lipinski definition) is 7. The van der Waals surface area contributed by atoms with Gasteiger partial charge in [-0.2, -0.15) is 0 Å². The summed E-state index contributed by atoms with van der Waals surface area (Å²) in [5.41, 5.74) is 1.68. The van der Waals surface area contributed by atoms with Gasteiger partial charge in [-0.3, -0.25) is 9.59 Å². The molecule has 3 aromatic rings. The molecule has 0 bridgehead atoms. The molecular formula is C27H26BrNO7. The highest BCUT2D eigenvalue weighted by Gasteiger charge is 2.21. The zero-order valence-corrected chi connectivity index (χ0v) is 22.1. The smallest absolute Gasteiger partial charge is 0.248 e. The summed E-state index contributed by atoms with van der Waals surface area (Å²) in [5, 5.41) is 2.78. The molecule has 0 spiro atoms. The van der Waals surface area contributed by atoms with Crippen LogP contribution in [0.1, 0.15) is 21.5 Å². The van der Waals surface area contributed by atoms with Gasteiger partial charge in [-0.15, -0.1) is 0 Å². The van der Waals surface area contributed by atoms with Crippen LogP contribution in [0.2, 0.25) is 0 Å². The zero-order chi connectivity index (χ0) is 26.2. The predicted molar refractivity (Wildman–Crippen MR) is 141 cm³/mol. The third kappa shape index (κ3) is 5.98. The van der Waals surface area contributed by atoms with Crippen molar-refractivity contribution in [2.75, 3.05) is 40.9 Å². The molecule has 0 saturated heterocycles. The van der Waals surface area contributed by atoms with Crippen molar-refractivity contribution in [3.8, 4) is 28.7 Å². The van der Waals surface area contributed by atoms with E-state index in [2.05, 4.69) is 21.2 Å². The van der Waals surface area contributed by atoms with Crippen molar-refractivity contribution in [3.63, 3.8) is 0 Å². The summed E-state index contributed by atoms with van der Waals surface area (Å²) in [6.45, 7) is 0. The highest BCUT2D eigenvalue weighted by atomic mass is 79.9. The number of nitrogens with one attached hydrogen (secondary N) is 1. The summed E-state index contributed by atoms with van der Waals surface area (Å²) in [6, 6.07) is 13.4. The Balaban J connectivity index is 1.90.